The summed E-state index contributed by atoms with van der Waals surface area (Å²) in [5.74, 6) is 3.63. The van der Waals surface area contributed by atoms with Crippen LogP contribution < -0.4 is 10.6 Å². The largest absolute Gasteiger partial charge is 0.345 e. The minimum Gasteiger partial charge on any atom is -0.345 e. The van der Waals surface area contributed by atoms with E-state index < -0.39 is 0 Å². The normalized spacial score (nSPS) is 10.0. The fraction of sp³-hybridized carbons (Fsp3) is 0.500. The lowest BCUT2D eigenvalue weighted by Gasteiger charge is -2.21. The van der Waals surface area contributed by atoms with E-state index in [0.29, 0.717) is 13.1 Å². The number of hydrogen-bond donors (Lipinski definition) is 1. The molecule has 1 heterocycles. The number of terminal acetylenes is 1. The highest BCUT2D eigenvalue weighted by molar-refractivity contribution is 5.44. The lowest BCUT2D eigenvalue weighted by molar-refractivity contribution is 0.800. The molecule has 0 aliphatic rings. The molecule has 0 bridgehead atoms. The molecule has 0 saturated carbocycles. The van der Waals surface area contributed by atoms with Crippen molar-refractivity contribution >= 4 is 5.82 Å². The van der Waals surface area contributed by atoms with E-state index in [4.69, 9.17) is 12.2 Å². The van der Waals surface area contributed by atoms with Gasteiger partial charge in [0, 0.05) is 18.8 Å². The van der Waals surface area contributed by atoms with Gasteiger partial charge in [-0.25, -0.2) is 4.98 Å². The highest BCUT2D eigenvalue weighted by Crippen LogP contribution is 2.15. The van der Waals surface area contributed by atoms with Crippen LogP contribution in [-0.4, -0.2) is 18.1 Å². The molecule has 0 aromatic carbocycles. The van der Waals surface area contributed by atoms with Gasteiger partial charge < -0.3 is 10.6 Å². The van der Waals surface area contributed by atoms with Gasteiger partial charge in [-0.2, -0.15) is 0 Å². The summed E-state index contributed by atoms with van der Waals surface area (Å²) in [6.45, 7) is 6.29. The van der Waals surface area contributed by atoms with Crippen molar-refractivity contribution < 1.29 is 0 Å². The van der Waals surface area contributed by atoms with Gasteiger partial charge in [-0.1, -0.05) is 19.8 Å². The zero-order valence-corrected chi connectivity index (χ0v) is 10.7. The van der Waals surface area contributed by atoms with Gasteiger partial charge in [-0.15, -0.1) is 6.42 Å². The number of nitrogens with two attached hydrogens (primary N) is 1. The Balaban J connectivity index is 3.04. The first kappa shape index (κ1) is 13.5. The van der Waals surface area contributed by atoms with Gasteiger partial charge in [-0.3, -0.25) is 0 Å². The second-order valence-corrected chi connectivity index (χ2v) is 4.01. The number of nitrogens with zero attached hydrogens (tertiary/aromatic N) is 2. The Labute approximate surface area is 104 Å². The topological polar surface area (TPSA) is 42.1 Å². The van der Waals surface area contributed by atoms with E-state index in [1.54, 1.807) is 0 Å². The predicted molar refractivity (Wildman–Crippen MR) is 72.8 cm³/mol. The average Bonchev–Trinajstić information content (AvgIpc) is 2.37. The molecule has 1 rings (SSSR count). The van der Waals surface area contributed by atoms with Crippen LogP contribution in [0.25, 0.3) is 0 Å². The molecule has 0 spiro atoms. The Morgan fingerprint density at radius 2 is 2.18 bits per heavy atom. The summed E-state index contributed by atoms with van der Waals surface area (Å²) in [5, 5.41) is 0. The molecular formula is C14H21N3. The van der Waals surface area contributed by atoms with Crippen molar-refractivity contribution in [1.82, 2.24) is 4.98 Å². The second kappa shape index (κ2) is 6.93. The van der Waals surface area contributed by atoms with Gasteiger partial charge in [0.2, 0.25) is 0 Å². The van der Waals surface area contributed by atoms with E-state index in [-0.39, 0.29) is 0 Å². The van der Waals surface area contributed by atoms with Crippen LogP contribution in [0.4, 0.5) is 5.82 Å². The van der Waals surface area contributed by atoms with E-state index in [2.05, 4.69) is 35.7 Å². The number of anilines is 1. The molecule has 0 radical (unpaired) electrons. The van der Waals surface area contributed by atoms with Crippen LogP contribution in [0.2, 0.25) is 0 Å². The third-order valence-electron chi connectivity index (χ3n) is 2.62. The average molecular weight is 231 g/mol. The number of hydrogen-bond acceptors (Lipinski definition) is 3. The van der Waals surface area contributed by atoms with E-state index in [1.165, 1.54) is 0 Å². The standard InChI is InChI=1S/C14H21N3/c1-4-7-17(8-5-2)14-10-12(11-15)9-13(6-3)16-14/h1,9-10H,5-8,11,15H2,2-3H3. The summed E-state index contributed by atoms with van der Waals surface area (Å²) in [6, 6.07) is 4.09. The highest BCUT2D eigenvalue weighted by Gasteiger charge is 2.08. The molecule has 2 N–H and O–H groups in total. The first-order valence-electron chi connectivity index (χ1n) is 6.13. The van der Waals surface area contributed by atoms with Gasteiger partial charge in [0.05, 0.1) is 6.54 Å². The molecule has 92 valence electrons. The van der Waals surface area contributed by atoms with Gasteiger partial charge >= 0.3 is 0 Å². The molecular weight excluding hydrogens is 210 g/mol. The minimum atomic E-state index is 0.540. The molecule has 0 fully saturated rings. The van der Waals surface area contributed by atoms with Crippen LogP contribution in [0, 0.1) is 12.3 Å². The van der Waals surface area contributed by atoms with E-state index >= 15 is 0 Å². The highest BCUT2D eigenvalue weighted by atomic mass is 15.2. The molecule has 3 nitrogen and oxygen atoms in total. The summed E-state index contributed by atoms with van der Waals surface area (Å²) in [6.07, 6.45) is 7.36. The summed E-state index contributed by atoms with van der Waals surface area (Å²) >= 11 is 0. The maximum atomic E-state index is 5.70. The fourth-order valence-corrected chi connectivity index (χ4v) is 1.75. The molecule has 1 aromatic heterocycles. The predicted octanol–water partition coefficient (Wildman–Crippen LogP) is 1.95. The van der Waals surface area contributed by atoms with Crippen LogP contribution >= 0.6 is 0 Å². The monoisotopic (exact) mass is 231 g/mol. The maximum Gasteiger partial charge on any atom is 0.129 e. The van der Waals surface area contributed by atoms with Crippen molar-refractivity contribution in [3.63, 3.8) is 0 Å². The second-order valence-electron chi connectivity index (χ2n) is 4.01. The quantitative estimate of drug-likeness (QED) is 0.761. The lowest BCUT2D eigenvalue weighted by atomic mass is 10.2. The third kappa shape index (κ3) is 3.76. The lowest BCUT2D eigenvalue weighted by Crippen LogP contribution is -2.26. The number of pyridine rings is 1. The van der Waals surface area contributed by atoms with Crippen molar-refractivity contribution in [3.05, 3.63) is 23.4 Å². The van der Waals surface area contributed by atoms with Crippen LogP contribution in [0.3, 0.4) is 0 Å². The molecule has 0 unspecified atom stereocenters. The molecule has 0 aliphatic heterocycles. The number of aromatic nitrogens is 1. The zero-order chi connectivity index (χ0) is 12.7. The van der Waals surface area contributed by atoms with Crippen molar-refractivity contribution in [3.8, 4) is 12.3 Å². The van der Waals surface area contributed by atoms with Crippen molar-refractivity contribution in [2.45, 2.75) is 33.2 Å². The Bertz CT molecular complexity index is 371. The van der Waals surface area contributed by atoms with Crippen LogP contribution in [0.1, 0.15) is 31.5 Å². The zero-order valence-electron chi connectivity index (χ0n) is 10.7. The fourth-order valence-electron chi connectivity index (χ4n) is 1.75. The third-order valence-corrected chi connectivity index (χ3v) is 2.62. The Hall–Kier alpha value is -1.53. The van der Waals surface area contributed by atoms with Crippen molar-refractivity contribution in [2.24, 2.45) is 5.73 Å². The van der Waals surface area contributed by atoms with Crippen LogP contribution in [-0.2, 0) is 13.0 Å². The Kier molecular flexibility index (Phi) is 5.51. The Morgan fingerprint density at radius 1 is 1.41 bits per heavy atom. The molecule has 3 heteroatoms. The van der Waals surface area contributed by atoms with Crippen molar-refractivity contribution in [2.75, 3.05) is 18.0 Å². The molecule has 1 aromatic rings. The summed E-state index contributed by atoms with van der Waals surface area (Å²) in [5.41, 5.74) is 7.89. The smallest absolute Gasteiger partial charge is 0.129 e. The summed E-state index contributed by atoms with van der Waals surface area (Å²) in [4.78, 5) is 6.74. The SMILES string of the molecule is C#CCN(CCC)c1cc(CN)cc(CC)n1. The van der Waals surface area contributed by atoms with Crippen molar-refractivity contribution in [1.29, 1.82) is 0 Å². The minimum absolute atomic E-state index is 0.540. The van der Waals surface area contributed by atoms with Gasteiger partial charge in [0.15, 0.2) is 0 Å². The first-order valence-corrected chi connectivity index (χ1v) is 6.13. The number of aryl methyl sites for hydroxylation is 1. The van der Waals surface area contributed by atoms with Crippen LogP contribution in [0.15, 0.2) is 12.1 Å². The Morgan fingerprint density at radius 3 is 2.71 bits per heavy atom. The van der Waals surface area contributed by atoms with E-state index in [1.807, 2.05) is 6.07 Å². The molecule has 0 amide bonds. The van der Waals surface area contributed by atoms with Gasteiger partial charge in [-0.05, 0) is 30.5 Å². The van der Waals surface area contributed by atoms with Gasteiger partial charge in [0.25, 0.3) is 0 Å². The van der Waals surface area contributed by atoms with E-state index in [9.17, 15) is 0 Å². The molecule has 0 atom stereocenters. The summed E-state index contributed by atoms with van der Waals surface area (Å²) in [7, 11) is 0. The number of rotatable bonds is 6. The first-order chi connectivity index (χ1) is 8.24. The summed E-state index contributed by atoms with van der Waals surface area (Å²) < 4.78 is 0. The molecule has 0 saturated heterocycles. The van der Waals surface area contributed by atoms with E-state index in [0.717, 1.165) is 36.5 Å². The van der Waals surface area contributed by atoms with Gasteiger partial charge in [0.1, 0.15) is 5.82 Å². The molecule has 0 aliphatic carbocycles. The molecule has 17 heavy (non-hydrogen) atoms. The maximum absolute atomic E-state index is 5.70. The van der Waals surface area contributed by atoms with Crippen LogP contribution in [0.5, 0.6) is 0 Å².